The monoisotopic (exact) mass is 236 g/mol. The molecule has 0 saturated heterocycles. The second-order valence-corrected chi connectivity index (χ2v) is 3.62. The Bertz CT molecular complexity index is 455. The van der Waals surface area contributed by atoms with Crippen molar-refractivity contribution in [3.05, 3.63) is 35.2 Å². The minimum atomic E-state index is 0.526. The van der Waals surface area contributed by atoms with Gasteiger partial charge in [-0.1, -0.05) is 44.9 Å². The number of hydrogen-bond donors (Lipinski definition) is 0. The first-order valence-electron chi connectivity index (χ1n) is 5.70. The van der Waals surface area contributed by atoms with Crippen LogP contribution in [-0.4, -0.2) is 9.97 Å². The Balaban J connectivity index is 0.000000606. The smallest absolute Gasteiger partial charge is 0.140 e. The highest BCUT2D eigenvalue weighted by atomic mass is 35.5. The summed E-state index contributed by atoms with van der Waals surface area (Å²) in [5.41, 5.74) is 2.23. The largest absolute Gasteiger partial charge is 0.236 e. The minimum absolute atomic E-state index is 0.526. The highest BCUT2D eigenvalue weighted by molar-refractivity contribution is 6.33. The van der Waals surface area contributed by atoms with Crippen molar-refractivity contribution < 1.29 is 0 Å². The van der Waals surface area contributed by atoms with Gasteiger partial charge in [0.05, 0.1) is 5.52 Å². The Kier molecular flexibility index (Phi) is 5.20. The molecular weight excluding hydrogens is 220 g/mol. The van der Waals surface area contributed by atoms with Crippen LogP contribution in [0.4, 0.5) is 0 Å². The number of nitrogens with zero attached hydrogens (tertiary/aromatic N) is 2. The van der Waals surface area contributed by atoms with E-state index < -0.39 is 0 Å². The third-order valence-electron chi connectivity index (χ3n) is 2.19. The zero-order valence-corrected chi connectivity index (χ0v) is 10.8. The molecule has 0 aliphatic heterocycles. The van der Waals surface area contributed by atoms with E-state index in [1.54, 1.807) is 0 Å². The SMILES string of the molecule is CC.CCCc1ccc2c(Cl)ncnc2c1. The second-order valence-electron chi connectivity index (χ2n) is 3.27. The predicted molar refractivity (Wildman–Crippen MR) is 69.9 cm³/mol. The third-order valence-corrected chi connectivity index (χ3v) is 2.49. The number of aryl methyl sites for hydroxylation is 1. The first-order chi connectivity index (χ1) is 7.81. The molecule has 1 heterocycles. The molecule has 2 rings (SSSR count). The van der Waals surface area contributed by atoms with E-state index in [-0.39, 0.29) is 0 Å². The molecule has 16 heavy (non-hydrogen) atoms. The van der Waals surface area contributed by atoms with E-state index in [0.717, 1.165) is 23.7 Å². The summed E-state index contributed by atoms with van der Waals surface area (Å²) in [6, 6.07) is 6.15. The molecular formula is C13H17ClN2. The lowest BCUT2D eigenvalue weighted by Crippen LogP contribution is -1.87. The van der Waals surface area contributed by atoms with Gasteiger partial charge >= 0.3 is 0 Å². The van der Waals surface area contributed by atoms with Gasteiger partial charge in [-0.25, -0.2) is 9.97 Å². The van der Waals surface area contributed by atoms with Gasteiger partial charge in [0.15, 0.2) is 0 Å². The fraction of sp³-hybridized carbons (Fsp3) is 0.385. The lowest BCUT2D eigenvalue weighted by molar-refractivity contribution is 0.923. The molecule has 3 heteroatoms. The molecule has 0 N–H and O–H groups in total. The highest BCUT2D eigenvalue weighted by Gasteiger charge is 2.01. The number of hydrogen-bond acceptors (Lipinski definition) is 2. The Hall–Kier alpha value is -1.15. The topological polar surface area (TPSA) is 25.8 Å². The van der Waals surface area contributed by atoms with E-state index in [1.807, 2.05) is 19.9 Å². The first-order valence-corrected chi connectivity index (χ1v) is 6.08. The first kappa shape index (κ1) is 12.9. The van der Waals surface area contributed by atoms with Crippen molar-refractivity contribution >= 4 is 22.5 Å². The van der Waals surface area contributed by atoms with Gasteiger partial charge < -0.3 is 0 Å². The summed E-state index contributed by atoms with van der Waals surface area (Å²) in [6.45, 7) is 6.16. The summed E-state index contributed by atoms with van der Waals surface area (Å²) in [5, 5.41) is 1.45. The van der Waals surface area contributed by atoms with Crippen LogP contribution in [0.3, 0.4) is 0 Å². The number of halogens is 1. The molecule has 0 fully saturated rings. The summed E-state index contributed by atoms with van der Waals surface area (Å²) < 4.78 is 0. The molecule has 0 aliphatic carbocycles. The van der Waals surface area contributed by atoms with E-state index in [2.05, 4.69) is 29.0 Å². The summed E-state index contributed by atoms with van der Waals surface area (Å²) in [7, 11) is 0. The highest BCUT2D eigenvalue weighted by Crippen LogP contribution is 2.20. The molecule has 0 aliphatic rings. The predicted octanol–water partition coefficient (Wildman–Crippen LogP) is 4.26. The molecule has 0 bridgehead atoms. The van der Waals surface area contributed by atoms with Gasteiger partial charge in [0.1, 0.15) is 11.5 Å². The van der Waals surface area contributed by atoms with Crippen molar-refractivity contribution in [2.45, 2.75) is 33.6 Å². The molecule has 0 unspecified atom stereocenters. The minimum Gasteiger partial charge on any atom is -0.236 e. The molecule has 2 aromatic rings. The van der Waals surface area contributed by atoms with Gasteiger partial charge in [-0.2, -0.15) is 0 Å². The normalized spacial score (nSPS) is 9.75. The van der Waals surface area contributed by atoms with Crippen LogP contribution >= 0.6 is 11.6 Å². The van der Waals surface area contributed by atoms with Crippen LogP contribution in [0.25, 0.3) is 10.9 Å². The van der Waals surface area contributed by atoms with Crippen molar-refractivity contribution in [1.29, 1.82) is 0 Å². The maximum atomic E-state index is 5.94. The average Bonchev–Trinajstić information content (AvgIpc) is 2.32. The maximum Gasteiger partial charge on any atom is 0.140 e. The van der Waals surface area contributed by atoms with Gasteiger partial charge in [0.25, 0.3) is 0 Å². The van der Waals surface area contributed by atoms with Gasteiger partial charge in [-0.05, 0) is 24.1 Å². The van der Waals surface area contributed by atoms with Crippen molar-refractivity contribution in [3.8, 4) is 0 Å². The Morgan fingerprint density at radius 1 is 1.19 bits per heavy atom. The molecule has 2 nitrogen and oxygen atoms in total. The second kappa shape index (κ2) is 6.44. The van der Waals surface area contributed by atoms with Crippen LogP contribution in [0.5, 0.6) is 0 Å². The molecule has 0 radical (unpaired) electrons. The zero-order chi connectivity index (χ0) is 12.0. The molecule has 0 amide bonds. The van der Waals surface area contributed by atoms with E-state index >= 15 is 0 Å². The third kappa shape index (κ3) is 2.92. The van der Waals surface area contributed by atoms with Crippen LogP contribution in [0, 0.1) is 0 Å². The molecule has 0 atom stereocenters. The van der Waals surface area contributed by atoms with Crippen molar-refractivity contribution in [2.75, 3.05) is 0 Å². The molecule has 1 aromatic carbocycles. The standard InChI is InChI=1S/C11H11ClN2.C2H6/c1-2-3-8-4-5-9-10(6-8)13-7-14-11(9)12;1-2/h4-7H,2-3H2,1H3;1-2H3. The summed E-state index contributed by atoms with van der Waals surface area (Å²) >= 11 is 5.94. The van der Waals surface area contributed by atoms with Gasteiger partial charge in [0.2, 0.25) is 0 Å². The molecule has 1 aromatic heterocycles. The van der Waals surface area contributed by atoms with Crippen molar-refractivity contribution in [1.82, 2.24) is 9.97 Å². The molecule has 0 saturated carbocycles. The number of aromatic nitrogens is 2. The summed E-state index contributed by atoms with van der Waals surface area (Å²) in [5.74, 6) is 0. The lowest BCUT2D eigenvalue weighted by Gasteiger charge is -2.01. The fourth-order valence-corrected chi connectivity index (χ4v) is 1.72. The van der Waals surface area contributed by atoms with Gasteiger partial charge in [-0.3, -0.25) is 0 Å². The number of benzene rings is 1. The van der Waals surface area contributed by atoms with E-state index in [1.165, 1.54) is 11.9 Å². The van der Waals surface area contributed by atoms with E-state index in [0.29, 0.717) is 5.15 Å². The fourth-order valence-electron chi connectivity index (χ4n) is 1.51. The number of fused-ring (bicyclic) bond motifs is 1. The summed E-state index contributed by atoms with van der Waals surface area (Å²) in [4.78, 5) is 8.13. The van der Waals surface area contributed by atoms with Crippen molar-refractivity contribution in [3.63, 3.8) is 0 Å². The van der Waals surface area contributed by atoms with Gasteiger partial charge in [0, 0.05) is 5.39 Å². The van der Waals surface area contributed by atoms with Gasteiger partial charge in [-0.15, -0.1) is 0 Å². The van der Waals surface area contributed by atoms with Crippen LogP contribution < -0.4 is 0 Å². The van der Waals surface area contributed by atoms with Crippen LogP contribution in [-0.2, 0) is 6.42 Å². The lowest BCUT2D eigenvalue weighted by atomic mass is 10.1. The molecule has 0 spiro atoms. The van der Waals surface area contributed by atoms with Crippen LogP contribution in [0.15, 0.2) is 24.5 Å². The Labute approximate surface area is 102 Å². The Morgan fingerprint density at radius 2 is 1.94 bits per heavy atom. The van der Waals surface area contributed by atoms with E-state index in [4.69, 9.17) is 11.6 Å². The average molecular weight is 237 g/mol. The molecule has 86 valence electrons. The Morgan fingerprint density at radius 3 is 2.62 bits per heavy atom. The van der Waals surface area contributed by atoms with Crippen molar-refractivity contribution in [2.24, 2.45) is 0 Å². The number of rotatable bonds is 2. The quantitative estimate of drug-likeness (QED) is 0.728. The summed E-state index contributed by atoms with van der Waals surface area (Å²) in [6.07, 6.45) is 3.72. The zero-order valence-electron chi connectivity index (χ0n) is 10.00. The van der Waals surface area contributed by atoms with Crippen LogP contribution in [0.1, 0.15) is 32.8 Å². The van der Waals surface area contributed by atoms with Crippen LogP contribution in [0.2, 0.25) is 5.15 Å². The maximum absolute atomic E-state index is 5.94. The van der Waals surface area contributed by atoms with E-state index in [9.17, 15) is 0 Å².